The molecule has 0 saturated carbocycles. The molecule has 1 unspecified atom stereocenters. The van der Waals surface area contributed by atoms with Gasteiger partial charge >= 0.3 is 0 Å². The molecule has 1 heterocycles. The summed E-state index contributed by atoms with van der Waals surface area (Å²) in [6.07, 6.45) is 1.42. The van der Waals surface area contributed by atoms with Gasteiger partial charge in [-0.2, -0.15) is 0 Å². The van der Waals surface area contributed by atoms with Gasteiger partial charge in [0, 0.05) is 0 Å². The number of carbonyl (C=O) groups is 1. The third kappa shape index (κ3) is 3.12. The van der Waals surface area contributed by atoms with Crippen LogP contribution in [0.15, 0.2) is 36.5 Å². The summed E-state index contributed by atoms with van der Waals surface area (Å²) in [5.74, 6) is -0.604. The first-order valence-corrected chi connectivity index (χ1v) is 6.26. The zero-order chi connectivity index (χ0) is 14.7. The first-order chi connectivity index (χ1) is 9.47. The molecule has 1 atom stereocenters. The van der Waals surface area contributed by atoms with Gasteiger partial charge in [0.05, 0.1) is 17.9 Å². The molecule has 0 aliphatic rings. The highest BCUT2D eigenvalue weighted by molar-refractivity contribution is 5.92. The fraction of sp³-hybridized carbons (Fsp3) is 0.200. The number of hydrogen-bond donors (Lipinski definition) is 2. The predicted molar refractivity (Wildman–Crippen MR) is 75.7 cm³/mol. The Bertz CT molecular complexity index is 626. The van der Waals surface area contributed by atoms with Gasteiger partial charge in [0.25, 0.3) is 5.91 Å². The van der Waals surface area contributed by atoms with Gasteiger partial charge in [-0.15, -0.1) is 0 Å². The maximum Gasteiger partial charge on any atom is 0.270 e. The van der Waals surface area contributed by atoms with Crippen molar-refractivity contribution in [3.8, 4) is 0 Å². The van der Waals surface area contributed by atoms with Crippen LogP contribution in [-0.4, -0.2) is 10.9 Å². The van der Waals surface area contributed by atoms with E-state index in [1.165, 1.54) is 12.3 Å². The Balaban J connectivity index is 2.10. The van der Waals surface area contributed by atoms with E-state index in [1.807, 2.05) is 0 Å². The van der Waals surface area contributed by atoms with Gasteiger partial charge in [-0.3, -0.25) is 4.79 Å². The molecule has 3 N–H and O–H groups in total. The number of nitrogens with two attached hydrogens (primary N) is 1. The van der Waals surface area contributed by atoms with E-state index in [1.54, 1.807) is 38.1 Å². The number of rotatable bonds is 3. The molecule has 20 heavy (non-hydrogen) atoms. The van der Waals surface area contributed by atoms with Gasteiger partial charge in [0.1, 0.15) is 11.5 Å². The zero-order valence-corrected chi connectivity index (χ0v) is 11.4. The molecule has 0 aliphatic heterocycles. The first-order valence-electron chi connectivity index (χ1n) is 6.26. The van der Waals surface area contributed by atoms with Crippen LogP contribution in [0, 0.1) is 12.7 Å². The van der Waals surface area contributed by atoms with Crippen molar-refractivity contribution in [2.75, 3.05) is 5.73 Å². The van der Waals surface area contributed by atoms with Crippen molar-refractivity contribution in [3.05, 3.63) is 59.2 Å². The summed E-state index contributed by atoms with van der Waals surface area (Å²) in [4.78, 5) is 15.9. The van der Waals surface area contributed by atoms with Crippen molar-refractivity contribution in [3.63, 3.8) is 0 Å². The smallest absolute Gasteiger partial charge is 0.270 e. The number of halogens is 1. The fourth-order valence-electron chi connectivity index (χ4n) is 1.77. The second kappa shape index (κ2) is 5.69. The van der Waals surface area contributed by atoms with Crippen LogP contribution in [0.5, 0.6) is 0 Å². The third-order valence-electron chi connectivity index (χ3n) is 3.06. The molecule has 0 radical (unpaired) electrons. The van der Waals surface area contributed by atoms with E-state index in [-0.39, 0.29) is 23.5 Å². The zero-order valence-electron chi connectivity index (χ0n) is 11.4. The van der Waals surface area contributed by atoms with Crippen molar-refractivity contribution < 1.29 is 9.18 Å². The highest BCUT2D eigenvalue weighted by Crippen LogP contribution is 2.16. The Hall–Kier alpha value is -2.43. The van der Waals surface area contributed by atoms with E-state index in [4.69, 9.17) is 5.73 Å². The number of hydrogen-bond acceptors (Lipinski definition) is 3. The lowest BCUT2D eigenvalue weighted by molar-refractivity contribution is 0.0935. The average molecular weight is 273 g/mol. The number of pyridine rings is 1. The molecule has 0 spiro atoms. The Kier molecular flexibility index (Phi) is 3.98. The van der Waals surface area contributed by atoms with Crippen LogP contribution >= 0.6 is 0 Å². The summed E-state index contributed by atoms with van der Waals surface area (Å²) in [5.41, 5.74) is 7.57. The first kappa shape index (κ1) is 14.0. The maximum atomic E-state index is 13.5. The molecule has 5 heteroatoms. The largest absolute Gasteiger partial charge is 0.397 e. The summed E-state index contributed by atoms with van der Waals surface area (Å²) in [5, 5.41) is 2.77. The van der Waals surface area contributed by atoms with Crippen LogP contribution < -0.4 is 11.1 Å². The van der Waals surface area contributed by atoms with E-state index in [2.05, 4.69) is 10.3 Å². The molecule has 1 amide bonds. The predicted octanol–water partition coefficient (Wildman–Crippen LogP) is 2.60. The lowest BCUT2D eigenvalue weighted by atomic mass is 10.1. The van der Waals surface area contributed by atoms with E-state index < -0.39 is 0 Å². The summed E-state index contributed by atoms with van der Waals surface area (Å²) < 4.78 is 13.5. The second-order valence-corrected chi connectivity index (χ2v) is 4.68. The van der Waals surface area contributed by atoms with Crippen LogP contribution in [-0.2, 0) is 0 Å². The molecule has 0 saturated heterocycles. The third-order valence-corrected chi connectivity index (χ3v) is 3.06. The Labute approximate surface area is 116 Å². The summed E-state index contributed by atoms with van der Waals surface area (Å²) in [7, 11) is 0. The van der Waals surface area contributed by atoms with E-state index in [9.17, 15) is 9.18 Å². The van der Waals surface area contributed by atoms with Crippen molar-refractivity contribution in [2.45, 2.75) is 19.9 Å². The summed E-state index contributed by atoms with van der Waals surface area (Å²) >= 11 is 0. The number of carbonyl (C=O) groups excluding carboxylic acids is 1. The van der Waals surface area contributed by atoms with Crippen LogP contribution in [0.2, 0.25) is 0 Å². The standard InChI is InChI=1S/C15H16FN3O/c1-9-3-4-11(7-13(9)16)10(2)19-15(20)14-6-5-12(17)8-18-14/h3-8,10H,17H2,1-2H3,(H,19,20). The number of aryl methyl sites for hydroxylation is 1. The monoisotopic (exact) mass is 273 g/mol. The Morgan fingerprint density at radius 1 is 1.35 bits per heavy atom. The molecular weight excluding hydrogens is 257 g/mol. The molecule has 0 aliphatic carbocycles. The highest BCUT2D eigenvalue weighted by Gasteiger charge is 2.13. The maximum absolute atomic E-state index is 13.5. The molecule has 104 valence electrons. The van der Waals surface area contributed by atoms with Gasteiger partial charge in [-0.05, 0) is 43.2 Å². The van der Waals surface area contributed by atoms with Gasteiger partial charge < -0.3 is 11.1 Å². The van der Waals surface area contributed by atoms with E-state index in [0.717, 1.165) is 0 Å². The molecular formula is C15H16FN3O. The quantitative estimate of drug-likeness (QED) is 0.903. The number of nitrogen functional groups attached to an aromatic ring is 1. The minimum Gasteiger partial charge on any atom is -0.397 e. The number of anilines is 1. The molecule has 4 nitrogen and oxygen atoms in total. The number of amides is 1. The summed E-state index contributed by atoms with van der Waals surface area (Å²) in [6, 6.07) is 7.76. The van der Waals surface area contributed by atoms with Gasteiger partial charge in [-0.25, -0.2) is 9.37 Å². The van der Waals surface area contributed by atoms with Crippen molar-refractivity contribution >= 4 is 11.6 Å². The normalized spacial score (nSPS) is 11.9. The molecule has 2 rings (SSSR count). The van der Waals surface area contributed by atoms with Crippen molar-refractivity contribution in [1.82, 2.24) is 10.3 Å². The Morgan fingerprint density at radius 2 is 2.10 bits per heavy atom. The van der Waals surface area contributed by atoms with Crippen molar-refractivity contribution in [2.24, 2.45) is 0 Å². The van der Waals surface area contributed by atoms with Gasteiger partial charge in [-0.1, -0.05) is 12.1 Å². The minimum absolute atomic E-state index is 0.277. The molecule has 1 aromatic carbocycles. The topological polar surface area (TPSA) is 68.0 Å². The van der Waals surface area contributed by atoms with Crippen molar-refractivity contribution in [1.29, 1.82) is 0 Å². The summed E-state index contributed by atoms with van der Waals surface area (Å²) in [6.45, 7) is 3.49. The lowest BCUT2D eigenvalue weighted by Crippen LogP contribution is -2.27. The average Bonchev–Trinajstić information content (AvgIpc) is 2.42. The minimum atomic E-state index is -0.321. The second-order valence-electron chi connectivity index (χ2n) is 4.68. The number of benzene rings is 1. The lowest BCUT2D eigenvalue weighted by Gasteiger charge is -2.14. The number of nitrogens with one attached hydrogen (secondary N) is 1. The molecule has 0 fully saturated rings. The van der Waals surface area contributed by atoms with Gasteiger partial charge in [0.15, 0.2) is 0 Å². The SMILES string of the molecule is Cc1ccc(C(C)NC(=O)c2ccc(N)cn2)cc1F. The molecule has 2 aromatic rings. The van der Waals surface area contributed by atoms with Crippen LogP contribution in [0.4, 0.5) is 10.1 Å². The number of nitrogens with zero attached hydrogens (tertiary/aromatic N) is 1. The van der Waals surface area contributed by atoms with Crippen LogP contribution in [0.25, 0.3) is 0 Å². The van der Waals surface area contributed by atoms with Gasteiger partial charge in [0.2, 0.25) is 0 Å². The van der Waals surface area contributed by atoms with E-state index >= 15 is 0 Å². The fourth-order valence-corrected chi connectivity index (χ4v) is 1.77. The Morgan fingerprint density at radius 3 is 2.70 bits per heavy atom. The highest BCUT2D eigenvalue weighted by atomic mass is 19.1. The van der Waals surface area contributed by atoms with Crippen LogP contribution in [0.3, 0.4) is 0 Å². The van der Waals surface area contributed by atoms with Crippen LogP contribution in [0.1, 0.15) is 34.6 Å². The molecule has 0 bridgehead atoms. The molecule has 1 aromatic heterocycles. The van der Waals surface area contributed by atoms with E-state index in [0.29, 0.717) is 16.8 Å². The number of aromatic nitrogens is 1.